The van der Waals surface area contributed by atoms with Gasteiger partial charge in [-0.25, -0.2) is 0 Å². The van der Waals surface area contributed by atoms with Crippen LogP contribution in [-0.2, 0) is 11.1 Å². The molecule has 56 valence electrons. The van der Waals surface area contributed by atoms with E-state index < -0.39 is 11.1 Å². The van der Waals surface area contributed by atoms with Crippen LogP contribution in [0.5, 0.6) is 0 Å². The van der Waals surface area contributed by atoms with Gasteiger partial charge in [0.25, 0.3) is 0 Å². The molecule has 0 amide bonds. The third-order valence-corrected chi connectivity index (χ3v) is 4.16. The summed E-state index contributed by atoms with van der Waals surface area (Å²) in [5.41, 5.74) is 0. The molecule has 0 aromatic carbocycles. The van der Waals surface area contributed by atoms with Gasteiger partial charge in [0, 0.05) is 0 Å². The molecule has 0 N–H and O–H groups in total. The molecule has 1 rings (SSSR count). The maximum atomic E-state index is 10.3. The molecule has 0 saturated heterocycles. The first-order valence-corrected chi connectivity index (χ1v) is 5.21. The van der Waals surface area contributed by atoms with Crippen molar-refractivity contribution in [3.05, 3.63) is 14.9 Å². The Bertz CT molecular complexity index is 258. The van der Waals surface area contributed by atoms with Crippen LogP contribution in [0.15, 0.2) is 14.1 Å². The van der Waals surface area contributed by atoms with Crippen molar-refractivity contribution in [1.29, 1.82) is 0 Å². The van der Waals surface area contributed by atoms with Crippen LogP contribution in [0, 0.1) is 0 Å². The summed E-state index contributed by atoms with van der Waals surface area (Å²) in [6.07, 6.45) is 0. The standard InChI is InChI=1S/C4H2BrClO2S2.Na/c5-4-2(6)1-3(9-4)10(7)8;/h1H,(H,7,8);/q;+1/p-1. The Hall–Kier alpha value is 1.58. The first kappa shape index (κ1) is 12.6. The molecule has 1 unspecified atom stereocenters. The van der Waals surface area contributed by atoms with E-state index in [2.05, 4.69) is 15.9 Å². The van der Waals surface area contributed by atoms with E-state index in [0.29, 0.717) is 8.81 Å². The van der Waals surface area contributed by atoms with Gasteiger partial charge in [-0.3, -0.25) is 4.21 Å². The Morgan fingerprint density at radius 1 is 1.73 bits per heavy atom. The molecular formula is C4HBrClNaO2S2. The Morgan fingerprint density at radius 2 is 2.27 bits per heavy atom. The summed E-state index contributed by atoms with van der Waals surface area (Å²) in [6.45, 7) is 0. The Balaban J connectivity index is 0.000001000. The predicted octanol–water partition coefficient (Wildman–Crippen LogP) is -0.594. The van der Waals surface area contributed by atoms with E-state index >= 15 is 0 Å². The summed E-state index contributed by atoms with van der Waals surface area (Å²) in [7, 11) is 0. The van der Waals surface area contributed by atoms with Crippen molar-refractivity contribution in [2.24, 2.45) is 0 Å². The average molecular weight is 284 g/mol. The first-order chi connectivity index (χ1) is 4.61. The second-order valence-electron chi connectivity index (χ2n) is 1.42. The molecule has 7 heteroatoms. The molecule has 0 aliphatic rings. The molecular weight excluding hydrogens is 283 g/mol. The van der Waals surface area contributed by atoms with Crippen molar-refractivity contribution in [1.82, 2.24) is 0 Å². The van der Waals surface area contributed by atoms with Crippen molar-refractivity contribution < 1.29 is 38.3 Å². The van der Waals surface area contributed by atoms with Crippen molar-refractivity contribution >= 4 is 49.9 Å². The SMILES string of the molecule is O=S([O-])c1cc(Cl)c(Br)s1.[Na+]. The topological polar surface area (TPSA) is 40.1 Å². The normalized spacial score (nSPS) is 12.3. The van der Waals surface area contributed by atoms with E-state index in [0.717, 1.165) is 11.3 Å². The van der Waals surface area contributed by atoms with Gasteiger partial charge in [0.1, 0.15) is 0 Å². The molecule has 1 atom stereocenters. The first-order valence-electron chi connectivity index (χ1n) is 2.15. The number of hydrogen-bond acceptors (Lipinski definition) is 3. The monoisotopic (exact) mass is 282 g/mol. The van der Waals surface area contributed by atoms with Crippen LogP contribution in [0.1, 0.15) is 0 Å². The van der Waals surface area contributed by atoms with Crippen molar-refractivity contribution in [3.63, 3.8) is 0 Å². The molecule has 0 fully saturated rings. The third kappa shape index (κ3) is 3.44. The Morgan fingerprint density at radius 3 is 2.45 bits per heavy atom. The second-order valence-corrected chi connectivity index (χ2v) is 5.37. The maximum Gasteiger partial charge on any atom is 1.00 e. The molecule has 2 nitrogen and oxygen atoms in total. The van der Waals surface area contributed by atoms with Gasteiger partial charge >= 0.3 is 29.6 Å². The quantitative estimate of drug-likeness (QED) is 0.510. The van der Waals surface area contributed by atoms with E-state index in [1.54, 1.807) is 0 Å². The fourth-order valence-corrected chi connectivity index (χ4v) is 2.97. The summed E-state index contributed by atoms with van der Waals surface area (Å²) in [5, 5.41) is 0.434. The van der Waals surface area contributed by atoms with Crippen molar-refractivity contribution in [2.75, 3.05) is 0 Å². The van der Waals surface area contributed by atoms with Gasteiger partial charge < -0.3 is 4.55 Å². The smallest absolute Gasteiger partial charge is 0.768 e. The Kier molecular flexibility index (Phi) is 6.11. The molecule has 1 aromatic rings. The molecule has 0 aliphatic heterocycles. The van der Waals surface area contributed by atoms with E-state index in [-0.39, 0.29) is 33.8 Å². The average Bonchev–Trinajstić information content (AvgIpc) is 2.13. The number of rotatable bonds is 1. The minimum Gasteiger partial charge on any atom is -0.768 e. The third-order valence-electron chi connectivity index (χ3n) is 0.787. The molecule has 0 saturated carbocycles. The summed E-state index contributed by atoms with van der Waals surface area (Å²) < 4.78 is 21.5. The van der Waals surface area contributed by atoms with Gasteiger partial charge in [-0.15, -0.1) is 11.3 Å². The fourth-order valence-electron chi connectivity index (χ4n) is 0.409. The minimum absolute atomic E-state index is 0. The van der Waals surface area contributed by atoms with Gasteiger partial charge in [0.2, 0.25) is 0 Å². The zero-order chi connectivity index (χ0) is 7.72. The zero-order valence-corrected chi connectivity index (χ0v) is 11.4. The van der Waals surface area contributed by atoms with Gasteiger partial charge in [-0.1, -0.05) is 11.6 Å². The van der Waals surface area contributed by atoms with E-state index in [1.165, 1.54) is 6.07 Å². The van der Waals surface area contributed by atoms with Crippen LogP contribution in [0.3, 0.4) is 0 Å². The van der Waals surface area contributed by atoms with Crippen LogP contribution in [0.2, 0.25) is 5.02 Å². The fraction of sp³-hybridized carbons (Fsp3) is 0. The van der Waals surface area contributed by atoms with Gasteiger partial charge in [0.15, 0.2) is 0 Å². The molecule has 0 radical (unpaired) electrons. The van der Waals surface area contributed by atoms with E-state index in [4.69, 9.17) is 11.6 Å². The summed E-state index contributed by atoms with van der Waals surface area (Å²) in [6, 6.07) is 1.40. The van der Waals surface area contributed by atoms with E-state index in [1.807, 2.05) is 0 Å². The molecule has 1 heterocycles. The van der Waals surface area contributed by atoms with Crippen LogP contribution in [0.4, 0.5) is 0 Å². The number of hydrogen-bond donors (Lipinski definition) is 0. The van der Waals surface area contributed by atoms with Crippen molar-refractivity contribution in [3.8, 4) is 0 Å². The number of halogens is 2. The maximum absolute atomic E-state index is 10.3. The van der Waals surface area contributed by atoms with Crippen LogP contribution < -0.4 is 29.6 Å². The second kappa shape index (κ2) is 5.34. The molecule has 11 heavy (non-hydrogen) atoms. The van der Waals surface area contributed by atoms with Crippen LogP contribution >= 0.6 is 38.9 Å². The van der Waals surface area contributed by atoms with Gasteiger partial charge in [0.05, 0.1) is 13.0 Å². The molecule has 0 spiro atoms. The molecule has 0 bridgehead atoms. The summed E-state index contributed by atoms with van der Waals surface area (Å²) in [4.78, 5) is 0. The van der Waals surface area contributed by atoms with Crippen LogP contribution in [-0.4, -0.2) is 8.76 Å². The van der Waals surface area contributed by atoms with Gasteiger partial charge in [-0.2, -0.15) is 0 Å². The zero-order valence-electron chi connectivity index (χ0n) is 5.47. The summed E-state index contributed by atoms with van der Waals surface area (Å²) in [5.74, 6) is 0. The molecule has 1 aromatic heterocycles. The predicted molar refractivity (Wildman–Crippen MR) is 44.2 cm³/mol. The summed E-state index contributed by atoms with van der Waals surface area (Å²) >= 11 is 7.59. The molecule has 0 aliphatic carbocycles. The number of thiophene rings is 1. The minimum atomic E-state index is -2.16. The van der Waals surface area contributed by atoms with Crippen molar-refractivity contribution in [2.45, 2.75) is 4.21 Å². The van der Waals surface area contributed by atoms with Gasteiger partial charge in [-0.05, 0) is 33.1 Å². The largest absolute Gasteiger partial charge is 1.00 e. The van der Waals surface area contributed by atoms with E-state index in [9.17, 15) is 8.76 Å². The van der Waals surface area contributed by atoms with Crippen LogP contribution in [0.25, 0.3) is 0 Å². The Labute approximate surface area is 106 Å².